The molecule has 3 nitrogen and oxygen atoms in total. The molecule has 0 unspecified atom stereocenters. The molecule has 2 aromatic rings. The van der Waals surface area contributed by atoms with Crippen molar-refractivity contribution in [2.45, 2.75) is 34.1 Å². The third-order valence-corrected chi connectivity index (χ3v) is 3.18. The fraction of sp³-hybridized carbons (Fsp3) is 0.333. The van der Waals surface area contributed by atoms with Crippen molar-refractivity contribution in [1.82, 2.24) is 4.68 Å². The molecule has 0 spiro atoms. The van der Waals surface area contributed by atoms with E-state index >= 15 is 0 Å². The SMILES string of the molecule is CCc1ccc(C)[n+](-n2c(C)cc(=O)cc2C)c1.F[B-](F)(F)F. The average molecular weight is 330 g/mol. The van der Waals surface area contributed by atoms with Crippen LogP contribution in [0.2, 0.25) is 0 Å². The molecule has 0 N–H and O–H groups in total. The van der Waals surface area contributed by atoms with Crippen LogP contribution in [0, 0.1) is 20.8 Å². The minimum Gasteiger partial charge on any atom is -0.418 e. The van der Waals surface area contributed by atoms with Gasteiger partial charge in [-0.1, -0.05) is 11.6 Å². The molecule has 0 saturated carbocycles. The standard InChI is InChI=1S/C15H19N2O.BF4/c1-5-14-7-6-11(2)16(10-14)17-12(3)8-15(18)9-13(17)4;2-1(3,4)5/h6-10H,5H2,1-4H3;/q+1;-1. The second-order valence-corrected chi connectivity index (χ2v) is 5.16. The largest absolute Gasteiger partial charge is 0.673 e. The summed E-state index contributed by atoms with van der Waals surface area (Å²) in [5.41, 5.74) is 4.37. The van der Waals surface area contributed by atoms with Crippen molar-refractivity contribution in [3.05, 3.63) is 63.3 Å². The number of halogens is 4. The van der Waals surface area contributed by atoms with Crippen LogP contribution < -0.4 is 10.1 Å². The first-order valence-electron chi connectivity index (χ1n) is 7.12. The van der Waals surface area contributed by atoms with Crippen LogP contribution in [0.15, 0.2) is 35.3 Å². The molecule has 0 aliphatic carbocycles. The molecule has 0 aliphatic heterocycles. The summed E-state index contributed by atoms with van der Waals surface area (Å²) in [6, 6.07) is 7.57. The van der Waals surface area contributed by atoms with Gasteiger partial charge in [0, 0.05) is 30.7 Å². The van der Waals surface area contributed by atoms with Crippen molar-refractivity contribution in [2.75, 3.05) is 0 Å². The molecule has 2 rings (SSSR count). The van der Waals surface area contributed by atoms with Crippen molar-refractivity contribution in [2.24, 2.45) is 0 Å². The quantitative estimate of drug-likeness (QED) is 0.472. The summed E-state index contributed by atoms with van der Waals surface area (Å²) in [6.45, 7) is 8.12. The summed E-state index contributed by atoms with van der Waals surface area (Å²) in [4.78, 5) is 11.5. The average Bonchev–Trinajstić information content (AvgIpc) is 2.37. The molecule has 0 amide bonds. The Morgan fingerprint density at radius 1 is 1.04 bits per heavy atom. The Hall–Kier alpha value is -2.12. The van der Waals surface area contributed by atoms with Crippen molar-refractivity contribution in [1.29, 1.82) is 0 Å². The summed E-state index contributed by atoms with van der Waals surface area (Å²) < 4.78 is 43.2. The number of hydrogen-bond donors (Lipinski definition) is 0. The predicted octanol–water partition coefficient (Wildman–Crippen LogP) is 3.23. The molecular formula is C15H19BF4N2O. The summed E-state index contributed by atoms with van der Waals surface area (Å²) in [5, 5.41) is 0. The van der Waals surface area contributed by atoms with Crippen LogP contribution in [0.25, 0.3) is 0 Å². The molecule has 0 bridgehead atoms. The molecule has 2 aromatic heterocycles. The van der Waals surface area contributed by atoms with Gasteiger partial charge in [0.25, 0.3) is 0 Å². The Bertz CT molecular complexity index is 709. The van der Waals surface area contributed by atoms with Gasteiger partial charge in [-0.15, -0.1) is 4.68 Å². The van der Waals surface area contributed by atoms with E-state index < -0.39 is 7.25 Å². The van der Waals surface area contributed by atoms with Crippen LogP contribution in [0.3, 0.4) is 0 Å². The fourth-order valence-electron chi connectivity index (χ4n) is 2.22. The van der Waals surface area contributed by atoms with Gasteiger partial charge in [0.2, 0.25) is 11.9 Å². The molecule has 23 heavy (non-hydrogen) atoms. The third-order valence-electron chi connectivity index (χ3n) is 3.18. The third kappa shape index (κ3) is 5.88. The summed E-state index contributed by atoms with van der Waals surface area (Å²) >= 11 is 0. The Labute approximate surface area is 132 Å². The van der Waals surface area contributed by atoms with E-state index in [1.165, 1.54) is 5.56 Å². The Balaban J connectivity index is 0.000000463. The number of pyridine rings is 2. The smallest absolute Gasteiger partial charge is 0.418 e. The zero-order valence-corrected chi connectivity index (χ0v) is 13.5. The van der Waals surface area contributed by atoms with E-state index in [0.29, 0.717) is 0 Å². The molecule has 0 aliphatic rings. The lowest BCUT2D eigenvalue weighted by molar-refractivity contribution is -0.735. The Morgan fingerprint density at radius 2 is 1.52 bits per heavy atom. The Kier molecular flexibility index (Phi) is 6.12. The molecule has 0 fully saturated rings. The molecule has 2 heterocycles. The van der Waals surface area contributed by atoms with Crippen LogP contribution in [-0.4, -0.2) is 11.9 Å². The first-order valence-corrected chi connectivity index (χ1v) is 7.12. The maximum atomic E-state index is 11.5. The van der Waals surface area contributed by atoms with Gasteiger partial charge in [-0.3, -0.25) is 4.79 Å². The number of nitrogens with zero attached hydrogens (tertiary/aromatic N) is 2. The molecule has 0 radical (unpaired) electrons. The van der Waals surface area contributed by atoms with Crippen molar-refractivity contribution in [3.63, 3.8) is 0 Å². The summed E-state index contributed by atoms with van der Waals surface area (Å²) in [5.74, 6) is 0. The zero-order valence-electron chi connectivity index (χ0n) is 13.5. The van der Waals surface area contributed by atoms with Crippen LogP contribution in [-0.2, 0) is 6.42 Å². The van der Waals surface area contributed by atoms with Gasteiger partial charge in [-0.25, -0.2) is 0 Å². The van der Waals surface area contributed by atoms with Gasteiger partial charge in [0.1, 0.15) is 0 Å². The molecule has 0 atom stereocenters. The number of hydrogen-bond acceptors (Lipinski definition) is 1. The van der Waals surface area contributed by atoms with Crippen LogP contribution in [0.4, 0.5) is 17.3 Å². The lowest BCUT2D eigenvalue weighted by Crippen LogP contribution is -2.47. The number of aryl methyl sites for hydroxylation is 4. The molecule has 8 heteroatoms. The number of aromatic nitrogens is 2. The van der Waals surface area contributed by atoms with Crippen LogP contribution in [0.5, 0.6) is 0 Å². The van der Waals surface area contributed by atoms with Crippen molar-refractivity contribution < 1.29 is 21.9 Å². The Morgan fingerprint density at radius 3 is 1.96 bits per heavy atom. The predicted molar refractivity (Wildman–Crippen MR) is 81.9 cm³/mol. The second-order valence-electron chi connectivity index (χ2n) is 5.16. The van der Waals surface area contributed by atoms with E-state index in [0.717, 1.165) is 23.5 Å². The maximum absolute atomic E-state index is 11.5. The van der Waals surface area contributed by atoms with Crippen LogP contribution in [0.1, 0.15) is 29.6 Å². The molecular weight excluding hydrogens is 311 g/mol. The highest BCUT2D eigenvalue weighted by Crippen LogP contribution is 2.06. The van der Waals surface area contributed by atoms with Gasteiger partial charge in [-0.2, -0.15) is 0 Å². The van der Waals surface area contributed by atoms with E-state index in [4.69, 9.17) is 0 Å². The van der Waals surface area contributed by atoms with E-state index in [1.807, 2.05) is 13.8 Å². The minimum atomic E-state index is -6.00. The van der Waals surface area contributed by atoms with E-state index in [9.17, 15) is 22.1 Å². The topological polar surface area (TPSA) is 25.9 Å². The highest BCUT2D eigenvalue weighted by molar-refractivity contribution is 6.50. The highest BCUT2D eigenvalue weighted by atomic mass is 19.5. The van der Waals surface area contributed by atoms with Gasteiger partial charge in [0.15, 0.2) is 5.43 Å². The van der Waals surface area contributed by atoms with E-state index in [1.54, 1.807) is 12.1 Å². The van der Waals surface area contributed by atoms with Crippen LogP contribution >= 0.6 is 0 Å². The lowest BCUT2D eigenvalue weighted by Gasteiger charge is -2.10. The van der Waals surface area contributed by atoms with E-state index in [-0.39, 0.29) is 5.43 Å². The second kappa shape index (κ2) is 7.43. The summed E-state index contributed by atoms with van der Waals surface area (Å²) in [6.07, 6.45) is 3.12. The first-order chi connectivity index (χ1) is 10.5. The van der Waals surface area contributed by atoms with Gasteiger partial charge in [-0.05, 0) is 26.3 Å². The minimum absolute atomic E-state index is 0.0612. The van der Waals surface area contributed by atoms with Gasteiger partial charge < -0.3 is 17.3 Å². The van der Waals surface area contributed by atoms with Gasteiger partial charge in [0.05, 0.1) is 11.4 Å². The first kappa shape index (κ1) is 18.9. The highest BCUT2D eigenvalue weighted by Gasteiger charge is 2.20. The molecule has 0 aromatic carbocycles. The zero-order chi connectivity index (χ0) is 17.8. The maximum Gasteiger partial charge on any atom is 0.673 e. The van der Waals surface area contributed by atoms with Crippen molar-refractivity contribution in [3.8, 4) is 0 Å². The van der Waals surface area contributed by atoms with Crippen molar-refractivity contribution >= 4 is 7.25 Å². The number of rotatable bonds is 2. The fourth-order valence-corrected chi connectivity index (χ4v) is 2.22. The normalized spacial score (nSPS) is 11.0. The summed E-state index contributed by atoms with van der Waals surface area (Å²) in [7, 11) is -6.00. The monoisotopic (exact) mass is 330 g/mol. The van der Waals surface area contributed by atoms with Gasteiger partial charge >= 0.3 is 7.25 Å². The lowest BCUT2D eigenvalue weighted by atomic mass is 10.2. The molecule has 0 saturated heterocycles. The van der Waals surface area contributed by atoms with E-state index in [2.05, 4.69) is 41.5 Å². The molecule has 126 valence electrons.